The highest BCUT2D eigenvalue weighted by molar-refractivity contribution is 7.89. The number of nitrogens with zero attached hydrogens (tertiary/aromatic N) is 1. The van der Waals surface area contributed by atoms with Gasteiger partial charge in [-0.15, -0.1) is 0 Å². The van der Waals surface area contributed by atoms with Crippen LogP contribution in [-0.2, 0) is 27.8 Å². The minimum absolute atomic E-state index is 0.0829. The number of amides is 1. The normalized spacial score (nSPS) is 15.5. The minimum atomic E-state index is -3.42. The van der Waals surface area contributed by atoms with Gasteiger partial charge < -0.3 is 5.32 Å². The zero-order valence-corrected chi connectivity index (χ0v) is 15.5. The molecule has 0 radical (unpaired) electrons. The summed E-state index contributed by atoms with van der Waals surface area (Å²) < 4.78 is 26.8. The summed E-state index contributed by atoms with van der Waals surface area (Å²) in [4.78, 5) is 12.4. The van der Waals surface area contributed by atoms with Crippen molar-refractivity contribution in [2.75, 3.05) is 13.1 Å². The molecule has 1 heterocycles. The van der Waals surface area contributed by atoms with Crippen LogP contribution < -0.4 is 5.32 Å². The molecule has 6 heteroatoms. The van der Waals surface area contributed by atoms with Crippen molar-refractivity contribution in [1.29, 1.82) is 0 Å². The lowest BCUT2D eigenvalue weighted by Gasteiger charge is -2.25. The molecule has 1 aliphatic rings. The molecule has 0 spiro atoms. The molecule has 1 aliphatic heterocycles. The molecule has 1 fully saturated rings. The number of rotatable bonds is 6. The first kappa shape index (κ1) is 18.6. The van der Waals surface area contributed by atoms with Gasteiger partial charge in [0.05, 0.1) is 11.3 Å². The number of nitrogens with one attached hydrogen (secondary N) is 1. The summed E-state index contributed by atoms with van der Waals surface area (Å²) in [5, 5.41) is 2.88. The Morgan fingerprint density at radius 1 is 0.885 bits per heavy atom. The average molecular weight is 372 g/mol. The molecule has 26 heavy (non-hydrogen) atoms. The number of hydrogen-bond acceptors (Lipinski definition) is 3. The summed E-state index contributed by atoms with van der Waals surface area (Å²) in [6.07, 6.45) is 3.15. The van der Waals surface area contributed by atoms with E-state index in [9.17, 15) is 13.2 Å². The second-order valence-corrected chi connectivity index (χ2v) is 8.49. The molecule has 0 atom stereocenters. The quantitative estimate of drug-likeness (QED) is 0.848. The van der Waals surface area contributed by atoms with Gasteiger partial charge in [0.1, 0.15) is 0 Å². The van der Waals surface area contributed by atoms with Crippen LogP contribution in [0.4, 0.5) is 0 Å². The van der Waals surface area contributed by atoms with Crippen LogP contribution in [0.25, 0.3) is 0 Å². The third-order valence-electron chi connectivity index (χ3n) is 4.57. The molecular formula is C20H24N2O3S. The van der Waals surface area contributed by atoms with Gasteiger partial charge in [0, 0.05) is 19.6 Å². The Balaban J connectivity index is 1.58. The van der Waals surface area contributed by atoms with E-state index >= 15 is 0 Å². The number of hydrogen-bond donors (Lipinski definition) is 1. The molecule has 0 bridgehead atoms. The molecule has 3 rings (SSSR count). The van der Waals surface area contributed by atoms with Crippen LogP contribution in [0, 0.1) is 0 Å². The van der Waals surface area contributed by atoms with Crippen LogP contribution in [-0.4, -0.2) is 31.7 Å². The highest BCUT2D eigenvalue weighted by Gasteiger charge is 2.25. The minimum Gasteiger partial charge on any atom is -0.352 e. The van der Waals surface area contributed by atoms with Crippen LogP contribution in [0.2, 0.25) is 0 Å². The SMILES string of the molecule is O=C(Cc1ccc(S(=O)(=O)N2CCCCC2)cc1)NCc1ccccc1. The molecule has 0 unspecified atom stereocenters. The van der Waals surface area contributed by atoms with Gasteiger partial charge >= 0.3 is 0 Å². The molecule has 5 nitrogen and oxygen atoms in total. The van der Waals surface area contributed by atoms with E-state index in [1.165, 1.54) is 0 Å². The molecule has 2 aromatic rings. The van der Waals surface area contributed by atoms with Crippen LogP contribution in [0.1, 0.15) is 30.4 Å². The monoisotopic (exact) mass is 372 g/mol. The van der Waals surface area contributed by atoms with Crippen LogP contribution >= 0.6 is 0 Å². The summed E-state index contributed by atoms with van der Waals surface area (Å²) in [7, 11) is -3.42. The number of piperidine rings is 1. The van der Waals surface area contributed by atoms with Gasteiger partial charge in [-0.3, -0.25) is 4.79 Å². The van der Waals surface area contributed by atoms with E-state index in [1.807, 2.05) is 30.3 Å². The lowest BCUT2D eigenvalue weighted by molar-refractivity contribution is -0.120. The largest absolute Gasteiger partial charge is 0.352 e. The van der Waals surface area contributed by atoms with Crippen molar-refractivity contribution in [3.05, 3.63) is 65.7 Å². The predicted octanol–water partition coefficient (Wildman–Crippen LogP) is 2.72. The molecule has 0 saturated carbocycles. The van der Waals surface area contributed by atoms with Crippen molar-refractivity contribution in [2.45, 2.75) is 37.1 Å². The Kier molecular flexibility index (Phi) is 6.06. The van der Waals surface area contributed by atoms with E-state index in [1.54, 1.807) is 28.6 Å². The van der Waals surface area contributed by atoms with Crippen LogP contribution in [0.3, 0.4) is 0 Å². The van der Waals surface area contributed by atoms with Crippen LogP contribution in [0.15, 0.2) is 59.5 Å². The van der Waals surface area contributed by atoms with E-state index in [2.05, 4.69) is 5.32 Å². The van der Waals surface area contributed by atoms with Crippen molar-refractivity contribution in [1.82, 2.24) is 9.62 Å². The van der Waals surface area contributed by atoms with E-state index < -0.39 is 10.0 Å². The third kappa shape index (κ3) is 4.71. The van der Waals surface area contributed by atoms with Crippen LogP contribution in [0.5, 0.6) is 0 Å². The van der Waals surface area contributed by atoms with E-state index in [-0.39, 0.29) is 12.3 Å². The number of benzene rings is 2. The van der Waals surface area contributed by atoms with Crippen molar-refractivity contribution >= 4 is 15.9 Å². The van der Waals surface area contributed by atoms with Gasteiger partial charge in [0.2, 0.25) is 15.9 Å². The first-order valence-electron chi connectivity index (χ1n) is 8.95. The molecule has 1 saturated heterocycles. The number of carbonyl (C=O) groups excluding carboxylic acids is 1. The molecular weight excluding hydrogens is 348 g/mol. The topological polar surface area (TPSA) is 66.5 Å². The molecule has 138 valence electrons. The number of sulfonamides is 1. The Morgan fingerprint density at radius 3 is 2.19 bits per heavy atom. The lowest BCUT2D eigenvalue weighted by Crippen LogP contribution is -2.35. The average Bonchev–Trinajstić information content (AvgIpc) is 2.68. The van der Waals surface area contributed by atoms with Crippen molar-refractivity contribution in [2.24, 2.45) is 0 Å². The Bertz CT molecular complexity index is 827. The smallest absolute Gasteiger partial charge is 0.243 e. The van der Waals surface area contributed by atoms with E-state index in [4.69, 9.17) is 0 Å². The maximum atomic E-state index is 12.6. The first-order chi connectivity index (χ1) is 12.6. The third-order valence-corrected chi connectivity index (χ3v) is 6.49. The predicted molar refractivity (Wildman–Crippen MR) is 101 cm³/mol. The fourth-order valence-electron chi connectivity index (χ4n) is 3.08. The number of carbonyl (C=O) groups is 1. The summed E-state index contributed by atoms with van der Waals surface area (Å²) in [6.45, 7) is 1.67. The van der Waals surface area contributed by atoms with E-state index in [0.717, 1.165) is 30.4 Å². The van der Waals surface area contributed by atoms with Crippen molar-refractivity contribution < 1.29 is 13.2 Å². The zero-order valence-electron chi connectivity index (χ0n) is 14.7. The van der Waals surface area contributed by atoms with E-state index in [0.29, 0.717) is 24.5 Å². The second-order valence-electron chi connectivity index (χ2n) is 6.55. The summed E-state index contributed by atoms with van der Waals surface area (Å²) >= 11 is 0. The zero-order chi connectivity index (χ0) is 18.4. The van der Waals surface area contributed by atoms with Gasteiger partial charge in [-0.2, -0.15) is 4.31 Å². The maximum Gasteiger partial charge on any atom is 0.243 e. The van der Waals surface area contributed by atoms with Crippen molar-refractivity contribution in [3.63, 3.8) is 0 Å². The maximum absolute atomic E-state index is 12.6. The molecule has 0 aromatic heterocycles. The van der Waals surface area contributed by atoms with Crippen molar-refractivity contribution in [3.8, 4) is 0 Å². The van der Waals surface area contributed by atoms with Gasteiger partial charge in [-0.25, -0.2) is 8.42 Å². The molecule has 1 amide bonds. The summed E-state index contributed by atoms with van der Waals surface area (Å²) in [5.74, 6) is -0.0829. The summed E-state index contributed by atoms with van der Waals surface area (Å²) in [6, 6.07) is 16.4. The summed E-state index contributed by atoms with van der Waals surface area (Å²) in [5.41, 5.74) is 1.84. The Labute approximate surface area is 155 Å². The first-order valence-corrected chi connectivity index (χ1v) is 10.4. The molecule has 2 aromatic carbocycles. The Morgan fingerprint density at radius 2 is 1.54 bits per heavy atom. The van der Waals surface area contributed by atoms with Gasteiger partial charge in [0.25, 0.3) is 0 Å². The lowest BCUT2D eigenvalue weighted by atomic mass is 10.1. The van der Waals surface area contributed by atoms with Gasteiger partial charge in [-0.05, 0) is 36.1 Å². The van der Waals surface area contributed by atoms with Gasteiger partial charge in [0.15, 0.2) is 0 Å². The highest BCUT2D eigenvalue weighted by Crippen LogP contribution is 2.21. The standard InChI is InChI=1S/C20H24N2O3S/c23-20(21-16-18-7-3-1-4-8-18)15-17-9-11-19(12-10-17)26(24,25)22-13-5-2-6-14-22/h1,3-4,7-12H,2,5-6,13-16H2,(H,21,23). The second kappa shape index (κ2) is 8.47. The molecule has 1 N–H and O–H groups in total. The molecule has 0 aliphatic carbocycles. The highest BCUT2D eigenvalue weighted by atomic mass is 32.2. The Hall–Kier alpha value is -2.18. The fraction of sp³-hybridized carbons (Fsp3) is 0.350. The fourth-order valence-corrected chi connectivity index (χ4v) is 4.60. The van der Waals surface area contributed by atoms with Gasteiger partial charge in [-0.1, -0.05) is 48.9 Å².